The quantitative estimate of drug-likeness (QED) is 0.452. The molecule has 164 valence electrons. The van der Waals surface area contributed by atoms with E-state index in [4.69, 9.17) is 9.84 Å². The number of carboxylic acids is 1. The smallest absolute Gasteiger partial charge is 0.416 e. The van der Waals surface area contributed by atoms with E-state index in [-0.39, 0.29) is 18.9 Å². The number of nitrogens with one attached hydrogen (secondary N) is 1. The van der Waals surface area contributed by atoms with Gasteiger partial charge in [-0.05, 0) is 66.6 Å². The Hall–Kier alpha value is -2.96. The maximum Gasteiger partial charge on any atom is 0.416 e. The summed E-state index contributed by atoms with van der Waals surface area (Å²) < 4.78 is 46.7. The number of benzene rings is 2. The van der Waals surface area contributed by atoms with Crippen LogP contribution >= 0.6 is 0 Å². The Balaban J connectivity index is 1.49. The van der Waals surface area contributed by atoms with Crippen molar-refractivity contribution in [1.29, 1.82) is 0 Å². The maximum absolute atomic E-state index is 13.7. The molecule has 0 unspecified atom stereocenters. The van der Waals surface area contributed by atoms with Crippen molar-refractivity contribution in [3.05, 3.63) is 64.8 Å². The third kappa shape index (κ3) is 5.03. The van der Waals surface area contributed by atoms with Gasteiger partial charge in [0.25, 0.3) is 0 Å². The zero-order valence-corrected chi connectivity index (χ0v) is 17.0. The predicted octanol–water partition coefficient (Wildman–Crippen LogP) is 6.44. The maximum atomic E-state index is 13.7. The molecule has 7 heteroatoms. The van der Waals surface area contributed by atoms with Gasteiger partial charge in [-0.25, -0.2) is 0 Å². The van der Waals surface area contributed by atoms with Gasteiger partial charge in [0, 0.05) is 16.6 Å². The number of H-pyrrole nitrogens is 1. The van der Waals surface area contributed by atoms with Crippen molar-refractivity contribution >= 4 is 16.9 Å². The lowest BCUT2D eigenvalue weighted by Gasteiger charge is -2.19. The molecule has 1 aliphatic carbocycles. The Morgan fingerprint density at radius 2 is 1.87 bits per heavy atom. The van der Waals surface area contributed by atoms with Crippen LogP contribution in [0.5, 0.6) is 5.75 Å². The molecule has 0 radical (unpaired) electrons. The van der Waals surface area contributed by atoms with Gasteiger partial charge in [-0.15, -0.1) is 0 Å². The van der Waals surface area contributed by atoms with E-state index in [0.717, 1.165) is 42.3 Å². The van der Waals surface area contributed by atoms with Crippen LogP contribution in [0.2, 0.25) is 0 Å². The van der Waals surface area contributed by atoms with Gasteiger partial charge in [-0.3, -0.25) is 4.79 Å². The fourth-order valence-electron chi connectivity index (χ4n) is 4.34. The number of aromatic amines is 1. The Labute approximate surface area is 178 Å². The summed E-state index contributed by atoms with van der Waals surface area (Å²) in [5, 5.41) is 9.68. The average molecular weight is 431 g/mol. The lowest BCUT2D eigenvalue weighted by atomic mass is 9.91. The fraction of sp³-hybridized carbons (Fsp3) is 0.375. The van der Waals surface area contributed by atoms with Gasteiger partial charge in [0.2, 0.25) is 0 Å². The van der Waals surface area contributed by atoms with Crippen molar-refractivity contribution in [1.82, 2.24) is 4.98 Å². The number of ether oxygens (including phenoxy) is 1. The lowest BCUT2D eigenvalue weighted by molar-refractivity contribution is -0.138. The number of aliphatic carboxylic acids is 1. The summed E-state index contributed by atoms with van der Waals surface area (Å²) in [6, 6.07) is 11.8. The van der Waals surface area contributed by atoms with E-state index >= 15 is 0 Å². The second-order valence-electron chi connectivity index (χ2n) is 8.13. The molecule has 1 aromatic heterocycles. The largest absolute Gasteiger partial charge is 0.489 e. The van der Waals surface area contributed by atoms with Crippen LogP contribution < -0.4 is 4.74 Å². The third-order valence-electron chi connectivity index (χ3n) is 5.88. The molecule has 0 amide bonds. The van der Waals surface area contributed by atoms with Crippen LogP contribution in [-0.4, -0.2) is 16.1 Å². The molecule has 1 aliphatic rings. The highest BCUT2D eigenvalue weighted by Gasteiger charge is 2.36. The Morgan fingerprint density at radius 3 is 2.58 bits per heavy atom. The second-order valence-corrected chi connectivity index (χ2v) is 8.13. The Kier molecular flexibility index (Phi) is 5.94. The number of rotatable bonds is 7. The summed E-state index contributed by atoms with van der Waals surface area (Å²) >= 11 is 0. The minimum Gasteiger partial charge on any atom is -0.489 e. The van der Waals surface area contributed by atoms with Crippen molar-refractivity contribution in [3.63, 3.8) is 0 Å². The Bertz CT molecular complexity index is 1080. The minimum absolute atomic E-state index is 0.0158. The van der Waals surface area contributed by atoms with Gasteiger partial charge < -0.3 is 14.8 Å². The molecule has 0 bridgehead atoms. The number of hydrogen-bond acceptors (Lipinski definition) is 2. The number of aryl methyl sites for hydroxylation is 1. The molecule has 1 fully saturated rings. The highest BCUT2D eigenvalue weighted by atomic mass is 19.4. The summed E-state index contributed by atoms with van der Waals surface area (Å²) in [5.41, 5.74) is 1.99. The van der Waals surface area contributed by atoms with E-state index in [1.807, 2.05) is 12.1 Å². The SMILES string of the molecule is O=C(O)CCc1cc2cc(OCc3ccc(C4CCCC4)c(C(F)(F)F)c3)ccc2[nH]1. The number of halogens is 3. The monoisotopic (exact) mass is 431 g/mol. The normalized spacial score (nSPS) is 14.9. The van der Waals surface area contributed by atoms with E-state index in [1.54, 1.807) is 24.3 Å². The van der Waals surface area contributed by atoms with Crippen molar-refractivity contribution in [2.75, 3.05) is 0 Å². The van der Waals surface area contributed by atoms with Crippen LogP contribution in [0.25, 0.3) is 10.9 Å². The molecule has 4 rings (SSSR count). The van der Waals surface area contributed by atoms with Gasteiger partial charge in [0.05, 0.1) is 12.0 Å². The molecule has 0 aliphatic heterocycles. The fourth-order valence-corrected chi connectivity index (χ4v) is 4.34. The highest BCUT2D eigenvalue weighted by Crippen LogP contribution is 2.42. The van der Waals surface area contributed by atoms with E-state index in [1.165, 1.54) is 6.07 Å². The van der Waals surface area contributed by atoms with E-state index in [9.17, 15) is 18.0 Å². The highest BCUT2D eigenvalue weighted by molar-refractivity contribution is 5.82. The first kappa shape index (κ1) is 21.3. The van der Waals surface area contributed by atoms with Crippen LogP contribution in [0.1, 0.15) is 60.4 Å². The third-order valence-corrected chi connectivity index (χ3v) is 5.88. The first-order valence-corrected chi connectivity index (χ1v) is 10.5. The van der Waals surface area contributed by atoms with Crippen LogP contribution in [0.3, 0.4) is 0 Å². The van der Waals surface area contributed by atoms with E-state index in [0.29, 0.717) is 23.3 Å². The number of alkyl halides is 3. The molecule has 1 heterocycles. The van der Waals surface area contributed by atoms with Gasteiger partial charge in [-0.2, -0.15) is 13.2 Å². The predicted molar refractivity (Wildman–Crippen MR) is 111 cm³/mol. The van der Waals surface area contributed by atoms with Gasteiger partial charge in [0.1, 0.15) is 12.4 Å². The summed E-state index contributed by atoms with van der Waals surface area (Å²) in [7, 11) is 0. The average Bonchev–Trinajstić information content (AvgIpc) is 3.39. The number of fused-ring (bicyclic) bond motifs is 1. The number of aromatic nitrogens is 1. The first-order valence-electron chi connectivity index (χ1n) is 10.5. The zero-order chi connectivity index (χ0) is 22.0. The molecule has 0 atom stereocenters. The molecule has 1 saturated carbocycles. The van der Waals surface area contributed by atoms with Crippen molar-refractivity contribution < 1.29 is 27.8 Å². The molecular weight excluding hydrogens is 407 g/mol. The molecule has 4 nitrogen and oxygen atoms in total. The molecule has 3 aromatic rings. The summed E-state index contributed by atoms with van der Waals surface area (Å²) in [6.45, 7) is 0.0375. The summed E-state index contributed by atoms with van der Waals surface area (Å²) in [5.74, 6) is -0.331. The van der Waals surface area contributed by atoms with E-state index in [2.05, 4.69) is 4.98 Å². The van der Waals surface area contributed by atoms with Crippen LogP contribution in [-0.2, 0) is 24.0 Å². The molecule has 0 spiro atoms. The molecular formula is C24H24F3NO3. The standard InChI is InChI=1S/C24H24F3NO3/c25-24(26,27)21-11-15(5-8-20(21)16-3-1-2-4-16)14-31-19-7-9-22-17(13-19)12-18(28-22)6-10-23(29)30/h5,7-9,11-13,16,28H,1-4,6,10,14H2,(H,29,30). The van der Waals surface area contributed by atoms with Crippen molar-refractivity contribution in [2.45, 2.75) is 57.2 Å². The van der Waals surface area contributed by atoms with E-state index < -0.39 is 17.7 Å². The van der Waals surface area contributed by atoms with Crippen molar-refractivity contribution in [3.8, 4) is 5.75 Å². The van der Waals surface area contributed by atoms with Gasteiger partial charge in [-0.1, -0.05) is 25.0 Å². The first-order chi connectivity index (χ1) is 14.8. The van der Waals surface area contributed by atoms with Crippen LogP contribution in [0, 0.1) is 0 Å². The number of carbonyl (C=O) groups is 1. The van der Waals surface area contributed by atoms with Gasteiger partial charge >= 0.3 is 12.1 Å². The summed E-state index contributed by atoms with van der Waals surface area (Å²) in [4.78, 5) is 13.9. The molecule has 2 N–H and O–H groups in total. The number of carboxylic acid groups (broad SMARTS) is 1. The Morgan fingerprint density at radius 1 is 1.10 bits per heavy atom. The molecule has 2 aromatic carbocycles. The lowest BCUT2D eigenvalue weighted by Crippen LogP contribution is -2.12. The molecule has 31 heavy (non-hydrogen) atoms. The van der Waals surface area contributed by atoms with Crippen LogP contribution in [0.15, 0.2) is 42.5 Å². The topological polar surface area (TPSA) is 62.3 Å². The van der Waals surface area contributed by atoms with Crippen molar-refractivity contribution in [2.24, 2.45) is 0 Å². The molecule has 0 saturated heterocycles. The number of hydrogen-bond donors (Lipinski definition) is 2. The zero-order valence-electron chi connectivity index (χ0n) is 17.0. The minimum atomic E-state index is -4.38. The summed E-state index contributed by atoms with van der Waals surface area (Å²) in [6.07, 6.45) is -0.375. The second kappa shape index (κ2) is 8.65. The van der Waals surface area contributed by atoms with Crippen LogP contribution in [0.4, 0.5) is 13.2 Å². The van der Waals surface area contributed by atoms with Gasteiger partial charge in [0.15, 0.2) is 0 Å².